The van der Waals surface area contributed by atoms with E-state index in [2.05, 4.69) is 64.8 Å². The summed E-state index contributed by atoms with van der Waals surface area (Å²) >= 11 is 0. The maximum atomic E-state index is 14.1. The molecule has 0 aromatic heterocycles. The Bertz CT molecular complexity index is 1360. The van der Waals surface area contributed by atoms with Crippen LogP contribution in [0.1, 0.15) is 139 Å². The number of ether oxygens (including phenoxy) is 1. The van der Waals surface area contributed by atoms with Crippen LogP contribution in [0.2, 0.25) is 0 Å². The third-order valence-corrected chi connectivity index (χ3v) is 17.3. The van der Waals surface area contributed by atoms with Gasteiger partial charge in [-0.2, -0.15) is 0 Å². The van der Waals surface area contributed by atoms with E-state index in [0.717, 1.165) is 64.8 Å². The Hall–Kier alpha value is -1.89. The zero-order valence-corrected chi connectivity index (χ0v) is 33.2. The minimum Gasteiger partial charge on any atom is -0.481 e. The third-order valence-electron chi connectivity index (χ3n) is 17.3. The lowest BCUT2D eigenvalue weighted by Crippen LogP contribution is -2.67. The second-order valence-corrected chi connectivity index (χ2v) is 20.2. The Morgan fingerprint density at radius 1 is 0.840 bits per heavy atom. The topological polar surface area (TPSA) is 87.2 Å². The average Bonchev–Trinajstić information content (AvgIpc) is 3.42. The summed E-state index contributed by atoms with van der Waals surface area (Å²) in [5.74, 6) is 1.73. The molecule has 1 saturated heterocycles. The van der Waals surface area contributed by atoms with Crippen molar-refractivity contribution in [2.45, 2.75) is 145 Å². The van der Waals surface area contributed by atoms with Crippen LogP contribution in [0.25, 0.3) is 0 Å². The first-order chi connectivity index (χ1) is 23.3. The lowest BCUT2D eigenvalue weighted by molar-refractivity contribution is -0.250. The van der Waals surface area contributed by atoms with E-state index in [1.807, 2.05) is 0 Å². The van der Waals surface area contributed by atoms with E-state index < -0.39 is 11.4 Å². The molecular formula is C43H70N2O5. The van der Waals surface area contributed by atoms with Gasteiger partial charge in [0.15, 0.2) is 0 Å². The molecule has 6 rings (SSSR count). The summed E-state index contributed by atoms with van der Waals surface area (Å²) in [5, 5.41) is 9.61. The van der Waals surface area contributed by atoms with E-state index in [9.17, 15) is 19.5 Å². The first-order valence-electron chi connectivity index (χ1n) is 20.3. The molecule has 7 heteroatoms. The minimum absolute atomic E-state index is 0.0935. The van der Waals surface area contributed by atoms with E-state index in [0.29, 0.717) is 35.5 Å². The van der Waals surface area contributed by atoms with Crippen LogP contribution < -0.4 is 0 Å². The molecule has 0 radical (unpaired) electrons. The van der Waals surface area contributed by atoms with Crippen molar-refractivity contribution >= 4 is 17.8 Å². The highest BCUT2D eigenvalue weighted by atomic mass is 16.5. The van der Waals surface area contributed by atoms with Gasteiger partial charge in [0, 0.05) is 38.0 Å². The molecular weight excluding hydrogens is 624 g/mol. The maximum Gasteiger partial charge on any atom is 0.309 e. The number of esters is 1. The first kappa shape index (κ1) is 37.9. The number of rotatable bonds is 8. The highest BCUT2D eigenvalue weighted by Crippen LogP contribution is 2.78. The third kappa shape index (κ3) is 5.81. The summed E-state index contributed by atoms with van der Waals surface area (Å²) in [6.45, 7) is 29.6. The standard InChI is InChI=1S/C43H70N2O5/c1-11-44-22-24-45(25-23-44)34(46)26-43-19-14-29(28(2)3)36(43)30-12-13-32-40(8)17-16-33(50-35(47)27-38(4,5)37(48)49)39(6,7)31(40)15-18-42(32,10)41(30,9)20-21-43/h29-33,36H,2,11-27H2,1,3-10H3,(H,48,49)/t29-,30+,31-,32+,33-,36+,40-,41+,42+,43+/m0/s1. The van der Waals surface area contributed by atoms with Crippen LogP contribution in [0.5, 0.6) is 0 Å². The molecule has 0 bridgehead atoms. The van der Waals surface area contributed by atoms with Gasteiger partial charge in [0.05, 0.1) is 11.8 Å². The quantitative estimate of drug-likeness (QED) is 0.202. The van der Waals surface area contributed by atoms with Gasteiger partial charge >= 0.3 is 11.9 Å². The van der Waals surface area contributed by atoms with Gasteiger partial charge in [-0.1, -0.05) is 53.7 Å². The zero-order valence-electron chi connectivity index (χ0n) is 33.2. The molecule has 282 valence electrons. The fourth-order valence-electron chi connectivity index (χ4n) is 14.1. The summed E-state index contributed by atoms with van der Waals surface area (Å²) < 4.78 is 6.19. The van der Waals surface area contributed by atoms with Crippen molar-refractivity contribution in [3.8, 4) is 0 Å². The molecule has 6 fully saturated rings. The number of carbonyl (C=O) groups is 3. The summed E-state index contributed by atoms with van der Waals surface area (Å²) in [7, 11) is 0. The highest BCUT2D eigenvalue weighted by molar-refractivity contribution is 5.81. The lowest BCUT2D eigenvalue weighted by Gasteiger charge is -2.73. The van der Waals surface area contributed by atoms with Gasteiger partial charge in [0.1, 0.15) is 6.10 Å². The monoisotopic (exact) mass is 695 g/mol. The number of allylic oxidation sites excluding steroid dienone is 1. The number of carbonyl (C=O) groups excluding carboxylic acids is 2. The lowest BCUT2D eigenvalue weighted by atomic mass is 9.32. The van der Waals surface area contributed by atoms with Gasteiger partial charge in [-0.05, 0) is 143 Å². The molecule has 1 aliphatic heterocycles. The van der Waals surface area contributed by atoms with E-state index in [4.69, 9.17) is 4.74 Å². The van der Waals surface area contributed by atoms with Gasteiger partial charge in [-0.3, -0.25) is 14.4 Å². The van der Waals surface area contributed by atoms with Crippen molar-refractivity contribution in [3.63, 3.8) is 0 Å². The predicted octanol–water partition coefficient (Wildman–Crippen LogP) is 8.61. The first-order valence-corrected chi connectivity index (χ1v) is 20.3. The summed E-state index contributed by atoms with van der Waals surface area (Å²) in [6, 6.07) is 0. The van der Waals surface area contributed by atoms with Crippen molar-refractivity contribution in [1.82, 2.24) is 9.80 Å². The highest BCUT2D eigenvalue weighted by Gasteiger charge is 2.71. The molecule has 0 aromatic rings. The molecule has 0 aromatic carbocycles. The molecule has 1 N–H and O–H groups in total. The smallest absolute Gasteiger partial charge is 0.309 e. The minimum atomic E-state index is -1.14. The van der Waals surface area contributed by atoms with Crippen LogP contribution >= 0.6 is 0 Å². The molecule has 50 heavy (non-hydrogen) atoms. The second-order valence-electron chi connectivity index (χ2n) is 20.2. The van der Waals surface area contributed by atoms with Crippen molar-refractivity contribution in [1.29, 1.82) is 0 Å². The van der Waals surface area contributed by atoms with E-state index in [-0.39, 0.29) is 45.6 Å². The Balaban J connectivity index is 1.23. The Labute approximate surface area is 303 Å². The molecule has 7 nitrogen and oxygen atoms in total. The van der Waals surface area contributed by atoms with Crippen molar-refractivity contribution in [2.75, 3.05) is 32.7 Å². The number of likely N-dealkylation sites (N-methyl/N-ethyl adjacent to an activating group) is 1. The van der Waals surface area contributed by atoms with E-state index in [1.165, 1.54) is 44.1 Å². The van der Waals surface area contributed by atoms with Gasteiger partial charge < -0.3 is 19.6 Å². The number of hydrogen-bond donors (Lipinski definition) is 1. The molecule has 6 aliphatic rings. The fraction of sp³-hybridized carbons (Fsp3) is 0.884. The second kappa shape index (κ2) is 12.9. The molecule has 1 heterocycles. The Morgan fingerprint density at radius 3 is 2.14 bits per heavy atom. The molecule has 10 atom stereocenters. The summed E-state index contributed by atoms with van der Waals surface area (Å²) in [5.41, 5.74) is 0.676. The Morgan fingerprint density at radius 2 is 1.52 bits per heavy atom. The number of carboxylic acids is 1. The number of carboxylic acid groups (broad SMARTS) is 1. The van der Waals surface area contributed by atoms with Crippen LogP contribution in [0.15, 0.2) is 12.2 Å². The number of aliphatic carboxylic acids is 1. The largest absolute Gasteiger partial charge is 0.481 e. The van der Waals surface area contributed by atoms with E-state index in [1.54, 1.807) is 13.8 Å². The van der Waals surface area contributed by atoms with E-state index >= 15 is 0 Å². The average molecular weight is 695 g/mol. The maximum absolute atomic E-state index is 14.1. The van der Waals surface area contributed by atoms with Crippen LogP contribution in [0, 0.1) is 62.1 Å². The zero-order chi connectivity index (χ0) is 36.7. The molecule has 5 saturated carbocycles. The van der Waals surface area contributed by atoms with Gasteiger partial charge in [-0.15, -0.1) is 0 Å². The number of nitrogens with zero attached hydrogens (tertiary/aromatic N) is 2. The summed E-state index contributed by atoms with van der Waals surface area (Å²) in [4.78, 5) is 43.6. The number of amides is 1. The van der Waals surface area contributed by atoms with Crippen LogP contribution in [-0.4, -0.2) is 71.6 Å². The van der Waals surface area contributed by atoms with Gasteiger partial charge in [0.2, 0.25) is 5.91 Å². The van der Waals surface area contributed by atoms with Crippen LogP contribution in [0.3, 0.4) is 0 Å². The van der Waals surface area contributed by atoms with Gasteiger partial charge in [0.25, 0.3) is 0 Å². The van der Waals surface area contributed by atoms with Crippen molar-refractivity contribution < 1.29 is 24.2 Å². The number of hydrogen-bond acceptors (Lipinski definition) is 5. The van der Waals surface area contributed by atoms with Crippen molar-refractivity contribution in [3.05, 3.63) is 12.2 Å². The SMILES string of the molecule is C=C(C)[C@@H]1CC[C@]2(CC(=O)N3CCN(CC)CC3)CC[C@]3(C)[C@H](CC[C@@H]4[C@@]5(C)CC[C@H](OC(=O)CC(C)(C)C(=O)O)C(C)(C)[C@@H]5CC[C@]43C)[C@@H]12. The number of piperazine rings is 1. The predicted molar refractivity (Wildman–Crippen MR) is 198 cm³/mol. The van der Waals surface area contributed by atoms with Crippen LogP contribution in [-0.2, 0) is 19.1 Å². The fourth-order valence-corrected chi connectivity index (χ4v) is 14.1. The van der Waals surface area contributed by atoms with Gasteiger partial charge in [-0.25, -0.2) is 0 Å². The molecule has 0 spiro atoms. The Kier molecular flexibility index (Phi) is 9.77. The van der Waals surface area contributed by atoms with Crippen molar-refractivity contribution in [2.24, 2.45) is 62.1 Å². The molecule has 1 amide bonds. The normalized spacial score (nSPS) is 42.8. The number of fused-ring (bicyclic) bond motifs is 7. The summed E-state index contributed by atoms with van der Waals surface area (Å²) in [6.07, 6.45) is 11.8. The molecule has 0 unspecified atom stereocenters. The van der Waals surface area contributed by atoms with Crippen LogP contribution in [0.4, 0.5) is 0 Å². The molecule has 5 aliphatic carbocycles.